The zero-order valence-electron chi connectivity index (χ0n) is 15.8. The van der Waals surface area contributed by atoms with Crippen LogP contribution in [0.25, 0.3) is 0 Å². The molecule has 0 aromatic heterocycles. The van der Waals surface area contributed by atoms with Crippen LogP contribution in [0.15, 0.2) is 48.5 Å². The maximum atomic E-state index is 12.0. The number of benzene rings is 2. The van der Waals surface area contributed by atoms with Crippen LogP contribution in [-0.2, 0) is 17.0 Å². The highest BCUT2D eigenvalue weighted by Gasteiger charge is 2.05. The molecule has 0 saturated carbocycles. The summed E-state index contributed by atoms with van der Waals surface area (Å²) in [5.41, 5.74) is 3.74. The van der Waals surface area contributed by atoms with Crippen LogP contribution in [0.5, 0.6) is 5.75 Å². The molecule has 0 spiro atoms. The van der Waals surface area contributed by atoms with Crippen LogP contribution in [0.3, 0.4) is 0 Å². The summed E-state index contributed by atoms with van der Waals surface area (Å²) < 4.78 is 5.78. The molecule has 0 bridgehead atoms. The number of thioether (sulfide) groups is 1. The van der Waals surface area contributed by atoms with Gasteiger partial charge in [0.1, 0.15) is 5.75 Å². The fourth-order valence-corrected chi connectivity index (χ4v) is 3.49. The largest absolute Gasteiger partial charge is 0.493 e. The minimum atomic E-state index is 0.109. The zero-order chi connectivity index (χ0) is 18.6. The van der Waals surface area contributed by atoms with Crippen molar-refractivity contribution in [2.45, 2.75) is 38.9 Å². The van der Waals surface area contributed by atoms with Crippen LogP contribution >= 0.6 is 11.8 Å². The van der Waals surface area contributed by atoms with Gasteiger partial charge in [-0.3, -0.25) is 4.79 Å². The molecule has 2 aromatic carbocycles. The molecule has 140 valence electrons. The topological polar surface area (TPSA) is 38.3 Å². The third kappa shape index (κ3) is 7.52. The summed E-state index contributed by atoms with van der Waals surface area (Å²) in [7, 11) is 0. The molecule has 0 saturated heterocycles. The molecule has 0 heterocycles. The van der Waals surface area contributed by atoms with Crippen molar-refractivity contribution in [3.05, 3.63) is 65.2 Å². The Bertz CT molecular complexity index is 687. The normalized spacial score (nSPS) is 10.5. The number of carbonyl (C=O) groups is 1. The van der Waals surface area contributed by atoms with Crippen molar-refractivity contribution in [2.75, 3.05) is 18.9 Å². The maximum absolute atomic E-state index is 12.0. The first-order chi connectivity index (χ1) is 12.7. The Hall–Kier alpha value is -1.94. The lowest BCUT2D eigenvalue weighted by Crippen LogP contribution is -2.26. The van der Waals surface area contributed by atoms with E-state index in [4.69, 9.17) is 4.74 Å². The molecule has 0 aliphatic rings. The summed E-state index contributed by atoms with van der Waals surface area (Å²) >= 11 is 1.66. The number of aryl methyl sites for hydroxylation is 2. The third-order valence-electron chi connectivity index (χ3n) is 3.96. The molecular weight excluding hydrogens is 342 g/mol. The minimum Gasteiger partial charge on any atom is -0.493 e. The Morgan fingerprint density at radius 1 is 1.15 bits per heavy atom. The standard InChI is InChI=1S/C22H29NO2S/c1-3-14-25-21-12-5-4-10-20(21)11-7-13-23-22(24)17-26-16-19-9-6-8-18(2)15-19/h4-6,8-10,12,15H,3,7,11,13-14,16-17H2,1-2H3,(H,23,24). The van der Waals surface area contributed by atoms with Crippen molar-refractivity contribution in [3.8, 4) is 5.75 Å². The Morgan fingerprint density at radius 2 is 2.00 bits per heavy atom. The van der Waals surface area contributed by atoms with Gasteiger partial charge in [-0.05, 0) is 43.4 Å². The van der Waals surface area contributed by atoms with E-state index in [1.54, 1.807) is 11.8 Å². The Balaban J connectivity index is 1.63. The van der Waals surface area contributed by atoms with Gasteiger partial charge in [0.25, 0.3) is 0 Å². The Labute approximate surface area is 161 Å². The Morgan fingerprint density at radius 3 is 2.81 bits per heavy atom. The fraction of sp³-hybridized carbons (Fsp3) is 0.409. The summed E-state index contributed by atoms with van der Waals surface area (Å²) in [6, 6.07) is 16.6. The molecule has 4 heteroatoms. The lowest BCUT2D eigenvalue weighted by atomic mass is 10.1. The highest BCUT2D eigenvalue weighted by atomic mass is 32.2. The predicted molar refractivity (Wildman–Crippen MR) is 111 cm³/mol. The van der Waals surface area contributed by atoms with E-state index < -0.39 is 0 Å². The molecule has 3 nitrogen and oxygen atoms in total. The van der Waals surface area contributed by atoms with Gasteiger partial charge in [0.15, 0.2) is 0 Å². The number of nitrogens with one attached hydrogen (secondary N) is 1. The van der Waals surface area contributed by atoms with Gasteiger partial charge in [0.2, 0.25) is 5.91 Å². The van der Waals surface area contributed by atoms with Crippen molar-refractivity contribution >= 4 is 17.7 Å². The summed E-state index contributed by atoms with van der Waals surface area (Å²) in [5.74, 6) is 2.45. The Kier molecular flexibility index (Phi) is 9.11. The van der Waals surface area contributed by atoms with Crippen LogP contribution in [0.4, 0.5) is 0 Å². The number of para-hydroxylation sites is 1. The van der Waals surface area contributed by atoms with Gasteiger partial charge in [-0.1, -0.05) is 55.0 Å². The van der Waals surface area contributed by atoms with Crippen LogP contribution in [0, 0.1) is 6.92 Å². The SMILES string of the molecule is CCCOc1ccccc1CCCNC(=O)CSCc1cccc(C)c1. The minimum absolute atomic E-state index is 0.109. The molecule has 2 rings (SSSR count). The van der Waals surface area contributed by atoms with Crippen molar-refractivity contribution < 1.29 is 9.53 Å². The van der Waals surface area contributed by atoms with E-state index in [-0.39, 0.29) is 5.91 Å². The molecule has 0 fully saturated rings. The molecule has 0 atom stereocenters. The van der Waals surface area contributed by atoms with E-state index >= 15 is 0 Å². The maximum Gasteiger partial charge on any atom is 0.230 e. The number of amides is 1. The van der Waals surface area contributed by atoms with E-state index in [9.17, 15) is 4.79 Å². The monoisotopic (exact) mass is 371 g/mol. The molecule has 1 amide bonds. The number of hydrogen-bond donors (Lipinski definition) is 1. The van der Waals surface area contributed by atoms with Crippen molar-refractivity contribution in [1.82, 2.24) is 5.32 Å². The first-order valence-corrected chi connectivity index (χ1v) is 10.4. The molecule has 0 aliphatic heterocycles. The predicted octanol–water partition coefficient (Wildman–Crippen LogP) is 4.77. The average Bonchev–Trinajstić information content (AvgIpc) is 2.64. The van der Waals surface area contributed by atoms with Crippen LogP contribution < -0.4 is 10.1 Å². The van der Waals surface area contributed by atoms with Gasteiger partial charge >= 0.3 is 0 Å². The second kappa shape index (κ2) is 11.6. The molecule has 0 unspecified atom stereocenters. The van der Waals surface area contributed by atoms with E-state index in [0.29, 0.717) is 12.3 Å². The van der Waals surface area contributed by atoms with Gasteiger partial charge < -0.3 is 10.1 Å². The molecule has 1 N–H and O–H groups in total. The lowest BCUT2D eigenvalue weighted by molar-refractivity contribution is -0.118. The summed E-state index contributed by atoms with van der Waals surface area (Å²) in [6.45, 7) is 5.64. The highest BCUT2D eigenvalue weighted by molar-refractivity contribution is 7.99. The molecule has 0 radical (unpaired) electrons. The van der Waals surface area contributed by atoms with E-state index in [2.05, 4.69) is 49.5 Å². The quantitative estimate of drug-likeness (QED) is 0.579. The highest BCUT2D eigenvalue weighted by Crippen LogP contribution is 2.19. The van der Waals surface area contributed by atoms with Gasteiger partial charge in [-0.2, -0.15) is 0 Å². The van der Waals surface area contributed by atoms with Crippen molar-refractivity contribution in [1.29, 1.82) is 0 Å². The van der Waals surface area contributed by atoms with Gasteiger partial charge in [0.05, 0.1) is 12.4 Å². The van der Waals surface area contributed by atoms with Crippen LogP contribution in [0.1, 0.15) is 36.5 Å². The van der Waals surface area contributed by atoms with E-state index in [1.807, 2.05) is 18.2 Å². The number of rotatable bonds is 11. The lowest BCUT2D eigenvalue weighted by Gasteiger charge is -2.11. The number of carbonyl (C=O) groups excluding carboxylic acids is 1. The van der Waals surface area contributed by atoms with Crippen molar-refractivity contribution in [2.24, 2.45) is 0 Å². The third-order valence-corrected chi connectivity index (χ3v) is 4.97. The number of ether oxygens (including phenoxy) is 1. The van der Waals surface area contributed by atoms with E-state index in [0.717, 1.165) is 37.4 Å². The van der Waals surface area contributed by atoms with Gasteiger partial charge in [-0.15, -0.1) is 11.8 Å². The molecule has 26 heavy (non-hydrogen) atoms. The van der Waals surface area contributed by atoms with Gasteiger partial charge in [-0.25, -0.2) is 0 Å². The summed E-state index contributed by atoms with van der Waals surface area (Å²) in [4.78, 5) is 12.0. The van der Waals surface area contributed by atoms with E-state index in [1.165, 1.54) is 16.7 Å². The molecule has 2 aromatic rings. The molecule has 0 aliphatic carbocycles. The van der Waals surface area contributed by atoms with Crippen LogP contribution in [0.2, 0.25) is 0 Å². The van der Waals surface area contributed by atoms with Crippen LogP contribution in [-0.4, -0.2) is 24.8 Å². The average molecular weight is 372 g/mol. The summed E-state index contributed by atoms with van der Waals surface area (Å²) in [6.07, 6.45) is 2.84. The first-order valence-electron chi connectivity index (χ1n) is 9.29. The van der Waals surface area contributed by atoms with Crippen molar-refractivity contribution in [3.63, 3.8) is 0 Å². The molecular formula is C22H29NO2S. The first kappa shape index (κ1) is 20.4. The fourth-order valence-electron chi connectivity index (χ4n) is 2.68. The smallest absolute Gasteiger partial charge is 0.230 e. The second-order valence-corrected chi connectivity index (χ2v) is 7.38. The second-order valence-electron chi connectivity index (χ2n) is 6.39. The zero-order valence-corrected chi connectivity index (χ0v) is 16.6. The summed E-state index contributed by atoms with van der Waals surface area (Å²) in [5, 5.41) is 3.01. The van der Waals surface area contributed by atoms with Gasteiger partial charge in [0, 0.05) is 12.3 Å². The number of hydrogen-bond acceptors (Lipinski definition) is 3.